The van der Waals surface area contributed by atoms with Crippen LogP contribution in [0, 0.1) is 0 Å². The van der Waals surface area contributed by atoms with E-state index in [1.807, 2.05) is 6.08 Å². The van der Waals surface area contributed by atoms with E-state index in [4.69, 9.17) is 18.9 Å². The van der Waals surface area contributed by atoms with Crippen molar-refractivity contribution in [2.75, 3.05) is 19.8 Å². The molecule has 2 heterocycles. The summed E-state index contributed by atoms with van der Waals surface area (Å²) in [6.45, 7) is 2.70. The van der Waals surface area contributed by atoms with Crippen molar-refractivity contribution in [1.82, 2.24) is 5.32 Å². The molecular formula is C77H133NO13. The smallest absolute Gasteiger partial charge is 0.220 e. The SMILES string of the molecule is CC/C=C\C/C=C\C/C=C\C/C=C\C/C=C\C/C=C\C/C=C\C/C=C\CCCCCCCCCCC(=O)NC(COC1OC(CO)C(OC2OC(CO)C(O)C(O)C2O)C(O)C1O)C(O)/C=C/CCCCCCCCCCCCCCCCCCCCCCCC. The number of hydrogen-bond acceptors (Lipinski definition) is 13. The fourth-order valence-electron chi connectivity index (χ4n) is 11.4. The lowest BCUT2D eigenvalue weighted by Crippen LogP contribution is -2.65. The number of aliphatic hydroxyl groups is 8. The van der Waals surface area contributed by atoms with E-state index in [0.29, 0.717) is 6.42 Å². The van der Waals surface area contributed by atoms with Gasteiger partial charge in [-0.3, -0.25) is 4.79 Å². The van der Waals surface area contributed by atoms with E-state index >= 15 is 0 Å². The van der Waals surface area contributed by atoms with Gasteiger partial charge in [-0.05, 0) is 83.5 Å². The third-order valence-corrected chi connectivity index (χ3v) is 17.2. The molecular weight excluding hydrogens is 1150 g/mol. The standard InChI is InChI=1S/C77H133NO13/c1-3-5-7-9-11-13-15-17-19-21-23-25-27-29-30-31-32-33-34-35-36-37-39-41-43-45-47-49-51-53-55-57-59-61-69(82)78-65(64-88-76-74(87)72(85)75(68(63-80)90-76)91-77-73(86)71(84)70(83)67(62-79)89-77)66(81)60-58-56-54-52-50-48-46-44-42-40-38-28-26-24-22-20-18-16-14-12-10-8-6-4-2/h5,7,11,13,17,19,23,25,29-30,32-33,35-36,39,41,58,60,65-68,70-77,79-81,83-87H,3-4,6,8-10,12,14-16,18,20-22,24,26-28,31,34,37-38,40,42-57,59,61-64H2,1-2H3,(H,78,82)/b7-5-,13-11-,19-17-,25-23-,30-29-,33-32-,36-35-,41-39-,60-58+. The van der Waals surface area contributed by atoms with E-state index in [2.05, 4.69) is 116 Å². The second-order valence-electron chi connectivity index (χ2n) is 25.3. The first-order chi connectivity index (χ1) is 44.6. The van der Waals surface area contributed by atoms with Gasteiger partial charge in [-0.1, -0.05) is 297 Å². The second kappa shape index (κ2) is 60.3. The average Bonchev–Trinajstić information content (AvgIpc) is 1.28. The summed E-state index contributed by atoms with van der Waals surface area (Å²) in [5.74, 6) is -0.250. The summed E-state index contributed by atoms with van der Waals surface area (Å²) in [6.07, 6.45) is 69.9. The van der Waals surface area contributed by atoms with Crippen LogP contribution in [0.25, 0.3) is 0 Å². The van der Waals surface area contributed by atoms with Crippen LogP contribution < -0.4 is 5.32 Å². The summed E-state index contributed by atoms with van der Waals surface area (Å²) >= 11 is 0. The van der Waals surface area contributed by atoms with E-state index in [1.54, 1.807) is 6.08 Å². The van der Waals surface area contributed by atoms with Gasteiger partial charge in [0.25, 0.3) is 0 Å². The molecule has 0 spiro atoms. The average molecular weight is 1280 g/mol. The van der Waals surface area contributed by atoms with Crippen LogP contribution in [0.15, 0.2) is 109 Å². The zero-order valence-corrected chi connectivity index (χ0v) is 57.1. The zero-order valence-electron chi connectivity index (χ0n) is 57.1. The fraction of sp³-hybridized carbons (Fsp3) is 0.753. The van der Waals surface area contributed by atoms with Gasteiger partial charge in [0.15, 0.2) is 12.6 Å². The first-order valence-corrected chi connectivity index (χ1v) is 36.6. The highest BCUT2D eigenvalue weighted by Crippen LogP contribution is 2.30. The van der Waals surface area contributed by atoms with Gasteiger partial charge in [-0.2, -0.15) is 0 Å². The van der Waals surface area contributed by atoms with Gasteiger partial charge < -0.3 is 65.1 Å². The molecule has 0 aromatic heterocycles. The van der Waals surface area contributed by atoms with E-state index in [1.165, 1.54) is 148 Å². The summed E-state index contributed by atoms with van der Waals surface area (Å²) in [4.78, 5) is 13.4. The molecule has 12 unspecified atom stereocenters. The number of aliphatic hydroxyl groups excluding tert-OH is 8. The van der Waals surface area contributed by atoms with Crippen molar-refractivity contribution in [3.05, 3.63) is 109 Å². The van der Waals surface area contributed by atoms with Crippen LogP contribution in [0.4, 0.5) is 0 Å². The molecule has 1 amide bonds. The number of carbonyl (C=O) groups is 1. The van der Waals surface area contributed by atoms with Crippen molar-refractivity contribution in [3.8, 4) is 0 Å². The van der Waals surface area contributed by atoms with Crippen molar-refractivity contribution < 1.29 is 64.6 Å². The third kappa shape index (κ3) is 44.1. The molecule has 0 aromatic rings. The van der Waals surface area contributed by atoms with Crippen molar-refractivity contribution in [2.45, 2.75) is 351 Å². The van der Waals surface area contributed by atoms with E-state index in [9.17, 15) is 45.6 Å². The first-order valence-electron chi connectivity index (χ1n) is 36.6. The molecule has 2 aliphatic heterocycles. The highest BCUT2D eigenvalue weighted by Gasteiger charge is 2.51. The summed E-state index contributed by atoms with van der Waals surface area (Å²) in [7, 11) is 0. The Morgan fingerprint density at radius 1 is 0.407 bits per heavy atom. The van der Waals surface area contributed by atoms with Crippen LogP contribution >= 0.6 is 0 Å². The van der Waals surface area contributed by atoms with Gasteiger partial charge >= 0.3 is 0 Å². The van der Waals surface area contributed by atoms with Gasteiger partial charge in [-0.15, -0.1) is 0 Å². The zero-order chi connectivity index (χ0) is 65.9. The van der Waals surface area contributed by atoms with Crippen molar-refractivity contribution in [2.24, 2.45) is 0 Å². The van der Waals surface area contributed by atoms with Crippen molar-refractivity contribution >= 4 is 5.91 Å². The van der Waals surface area contributed by atoms with Crippen molar-refractivity contribution in [3.63, 3.8) is 0 Å². The number of rotatable bonds is 59. The molecule has 0 aliphatic carbocycles. The topological polar surface area (TPSA) is 228 Å². The molecule has 0 aromatic carbocycles. The summed E-state index contributed by atoms with van der Waals surface area (Å²) < 4.78 is 22.9. The summed E-state index contributed by atoms with van der Waals surface area (Å²) in [5.41, 5.74) is 0. The Morgan fingerprint density at radius 3 is 1.16 bits per heavy atom. The molecule has 91 heavy (non-hydrogen) atoms. The second-order valence-corrected chi connectivity index (χ2v) is 25.3. The Labute approximate surface area is 553 Å². The van der Waals surface area contributed by atoms with Gasteiger partial charge in [0.05, 0.1) is 32.0 Å². The molecule has 12 atom stereocenters. The summed E-state index contributed by atoms with van der Waals surface area (Å²) in [5, 5.41) is 87.5. The van der Waals surface area contributed by atoms with Crippen LogP contribution in [-0.2, 0) is 23.7 Å². The number of nitrogens with one attached hydrogen (secondary N) is 1. The number of amides is 1. The van der Waals surface area contributed by atoms with Crippen LogP contribution in [0.2, 0.25) is 0 Å². The fourth-order valence-corrected chi connectivity index (χ4v) is 11.4. The number of unbranched alkanes of at least 4 members (excludes halogenated alkanes) is 30. The maximum atomic E-state index is 13.4. The summed E-state index contributed by atoms with van der Waals surface area (Å²) in [6, 6.07) is -0.928. The lowest BCUT2D eigenvalue weighted by molar-refractivity contribution is -0.359. The Hall–Kier alpha value is -3.35. The van der Waals surface area contributed by atoms with Crippen LogP contribution in [0.5, 0.6) is 0 Å². The lowest BCUT2D eigenvalue weighted by atomic mass is 9.97. The molecule has 14 heteroatoms. The molecule has 2 fully saturated rings. The minimum Gasteiger partial charge on any atom is -0.394 e. The Morgan fingerprint density at radius 2 is 0.758 bits per heavy atom. The Kier molecular flexibility index (Phi) is 55.5. The highest BCUT2D eigenvalue weighted by atomic mass is 16.7. The molecule has 2 aliphatic rings. The predicted molar refractivity (Wildman–Crippen MR) is 373 cm³/mol. The maximum absolute atomic E-state index is 13.4. The molecule has 14 nitrogen and oxygen atoms in total. The molecule has 0 saturated carbocycles. The molecule has 0 radical (unpaired) electrons. The highest BCUT2D eigenvalue weighted by molar-refractivity contribution is 5.76. The van der Waals surface area contributed by atoms with Crippen LogP contribution in [0.3, 0.4) is 0 Å². The predicted octanol–water partition coefficient (Wildman–Crippen LogP) is 15.5. The quantitative estimate of drug-likeness (QED) is 0.0204. The molecule has 524 valence electrons. The number of allylic oxidation sites excluding steroid dienone is 17. The normalized spacial score (nSPS) is 23.5. The monoisotopic (exact) mass is 1280 g/mol. The molecule has 2 rings (SSSR count). The van der Waals surface area contributed by atoms with Gasteiger partial charge in [-0.25, -0.2) is 0 Å². The minimum atomic E-state index is -1.79. The minimum absolute atomic E-state index is 0.250. The Bertz CT molecular complexity index is 1950. The third-order valence-electron chi connectivity index (χ3n) is 17.2. The first kappa shape index (κ1) is 83.7. The molecule has 0 bridgehead atoms. The Balaban J connectivity index is 1.68. The van der Waals surface area contributed by atoms with E-state index in [0.717, 1.165) is 103 Å². The van der Waals surface area contributed by atoms with Gasteiger partial charge in [0.2, 0.25) is 5.91 Å². The van der Waals surface area contributed by atoms with Crippen molar-refractivity contribution in [1.29, 1.82) is 0 Å². The number of hydrogen-bond donors (Lipinski definition) is 9. The van der Waals surface area contributed by atoms with Gasteiger partial charge in [0, 0.05) is 6.42 Å². The lowest BCUT2D eigenvalue weighted by Gasteiger charge is -2.46. The van der Waals surface area contributed by atoms with E-state index < -0.39 is 86.8 Å². The maximum Gasteiger partial charge on any atom is 0.220 e. The largest absolute Gasteiger partial charge is 0.394 e. The van der Waals surface area contributed by atoms with Crippen LogP contribution in [0.1, 0.15) is 277 Å². The number of ether oxygens (including phenoxy) is 4. The molecule has 9 N–H and O–H groups in total. The van der Waals surface area contributed by atoms with E-state index in [-0.39, 0.29) is 18.9 Å². The molecule has 2 saturated heterocycles. The van der Waals surface area contributed by atoms with Crippen LogP contribution in [-0.4, -0.2) is 140 Å². The van der Waals surface area contributed by atoms with Gasteiger partial charge in [0.1, 0.15) is 48.8 Å². The number of carbonyl (C=O) groups excluding carboxylic acids is 1.